The maximum Gasteiger partial charge on any atom is 0.407 e. The lowest BCUT2D eigenvalue weighted by Crippen LogP contribution is -2.47. The van der Waals surface area contributed by atoms with Crippen LogP contribution in [0.3, 0.4) is 0 Å². The molecule has 2 unspecified atom stereocenters. The zero-order valence-corrected chi connectivity index (χ0v) is 12.7. The topological polar surface area (TPSA) is 62.4 Å². The largest absolute Gasteiger partial charge is 0.444 e. The third kappa shape index (κ3) is 8.06. The van der Waals surface area contributed by atoms with Gasteiger partial charge in [0, 0.05) is 25.2 Å². The van der Waals surface area contributed by atoms with E-state index < -0.39 is 5.60 Å². The van der Waals surface area contributed by atoms with Crippen molar-refractivity contribution in [3.63, 3.8) is 0 Å². The van der Waals surface area contributed by atoms with Gasteiger partial charge in [-0.15, -0.1) is 0 Å². The van der Waals surface area contributed by atoms with Crippen molar-refractivity contribution in [1.29, 1.82) is 0 Å². The van der Waals surface area contributed by atoms with Crippen LogP contribution in [0.1, 0.15) is 47.0 Å². The SMILES string of the molecule is CC(CNC(=O)OC(C)(C)C)NCC1CCCCN1. The summed E-state index contributed by atoms with van der Waals surface area (Å²) < 4.78 is 5.19. The molecule has 1 saturated heterocycles. The molecule has 0 aliphatic carbocycles. The van der Waals surface area contributed by atoms with Crippen LogP contribution in [-0.2, 0) is 4.74 Å². The van der Waals surface area contributed by atoms with E-state index in [4.69, 9.17) is 4.74 Å². The highest BCUT2D eigenvalue weighted by Gasteiger charge is 2.17. The van der Waals surface area contributed by atoms with Crippen LogP contribution >= 0.6 is 0 Å². The van der Waals surface area contributed by atoms with Crippen LogP contribution in [-0.4, -0.2) is 43.4 Å². The summed E-state index contributed by atoms with van der Waals surface area (Å²) in [6, 6.07) is 0.814. The Labute approximate surface area is 116 Å². The lowest BCUT2D eigenvalue weighted by molar-refractivity contribution is 0.0523. The van der Waals surface area contributed by atoms with Crippen LogP contribution in [0.15, 0.2) is 0 Å². The van der Waals surface area contributed by atoms with Gasteiger partial charge in [-0.25, -0.2) is 4.79 Å². The average molecular weight is 271 g/mol. The molecule has 1 fully saturated rings. The summed E-state index contributed by atoms with van der Waals surface area (Å²) in [5, 5.41) is 9.72. The Morgan fingerprint density at radius 2 is 2.16 bits per heavy atom. The third-order valence-electron chi connectivity index (χ3n) is 3.08. The summed E-state index contributed by atoms with van der Waals surface area (Å²) in [6.07, 6.45) is 3.48. The number of ether oxygens (including phenoxy) is 1. The molecule has 0 spiro atoms. The normalized spacial score (nSPS) is 21.8. The van der Waals surface area contributed by atoms with Crippen molar-refractivity contribution in [2.45, 2.75) is 64.6 Å². The molecule has 112 valence electrons. The Morgan fingerprint density at radius 3 is 2.74 bits per heavy atom. The third-order valence-corrected chi connectivity index (χ3v) is 3.08. The van der Waals surface area contributed by atoms with Crippen LogP contribution in [0.25, 0.3) is 0 Å². The fourth-order valence-corrected chi connectivity index (χ4v) is 2.06. The van der Waals surface area contributed by atoms with Crippen molar-refractivity contribution < 1.29 is 9.53 Å². The van der Waals surface area contributed by atoms with Crippen molar-refractivity contribution in [2.75, 3.05) is 19.6 Å². The molecular formula is C14H29N3O2. The van der Waals surface area contributed by atoms with Crippen LogP contribution in [0.2, 0.25) is 0 Å². The summed E-state index contributed by atoms with van der Waals surface area (Å²) in [7, 11) is 0. The molecule has 1 heterocycles. The molecule has 0 aromatic carbocycles. The summed E-state index contributed by atoms with van der Waals surface area (Å²) in [5.41, 5.74) is -0.438. The predicted octanol–water partition coefficient (Wildman–Crippen LogP) is 1.63. The predicted molar refractivity (Wildman–Crippen MR) is 77.3 cm³/mol. The van der Waals surface area contributed by atoms with E-state index in [9.17, 15) is 4.79 Å². The Kier molecular flexibility index (Phi) is 6.58. The molecule has 5 heteroatoms. The maximum absolute atomic E-state index is 11.5. The second-order valence-corrected chi connectivity index (χ2v) is 6.34. The number of nitrogens with one attached hydrogen (secondary N) is 3. The van der Waals surface area contributed by atoms with Gasteiger partial charge >= 0.3 is 6.09 Å². The number of alkyl carbamates (subject to hydrolysis) is 1. The van der Waals surface area contributed by atoms with Gasteiger partial charge in [0.1, 0.15) is 5.60 Å². The maximum atomic E-state index is 11.5. The van der Waals surface area contributed by atoms with E-state index in [0.717, 1.165) is 13.1 Å². The second kappa shape index (κ2) is 7.70. The fourth-order valence-electron chi connectivity index (χ4n) is 2.06. The van der Waals surface area contributed by atoms with E-state index in [2.05, 4.69) is 22.9 Å². The minimum Gasteiger partial charge on any atom is -0.444 e. The van der Waals surface area contributed by atoms with E-state index in [0.29, 0.717) is 12.6 Å². The van der Waals surface area contributed by atoms with E-state index in [1.165, 1.54) is 19.3 Å². The first-order chi connectivity index (χ1) is 8.87. The van der Waals surface area contributed by atoms with Gasteiger partial charge in [0.05, 0.1) is 0 Å². The number of rotatable bonds is 5. The van der Waals surface area contributed by atoms with E-state index in [-0.39, 0.29) is 12.1 Å². The Bertz CT molecular complexity index is 270. The first kappa shape index (κ1) is 16.2. The molecule has 3 N–H and O–H groups in total. The Balaban J connectivity index is 2.10. The highest BCUT2D eigenvalue weighted by molar-refractivity contribution is 5.67. The van der Waals surface area contributed by atoms with Crippen LogP contribution in [0, 0.1) is 0 Å². The van der Waals surface area contributed by atoms with E-state index in [1.807, 2.05) is 20.8 Å². The first-order valence-corrected chi connectivity index (χ1v) is 7.30. The molecule has 0 radical (unpaired) electrons. The van der Waals surface area contributed by atoms with Crippen molar-refractivity contribution in [1.82, 2.24) is 16.0 Å². The van der Waals surface area contributed by atoms with Crippen LogP contribution in [0.5, 0.6) is 0 Å². The van der Waals surface area contributed by atoms with Crippen LogP contribution < -0.4 is 16.0 Å². The van der Waals surface area contributed by atoms with Crippen molar-refractivity contribution in [3.8, 4) is 0 Å². The molecule has 19 heavy (non-hydrogen) atoms. The summed E-state index contributed by atoms with van der Waals surface area (Å²) >= 11 is 0. The highest BCUT2D eigenvalue weighted by Crippen LogP contribution is 2.07. The van der Waals surface area contributed by atoms with Crippen molar-refractivity contribution in [2.24, 2.45) is 0 Å². The minimum atomic E-state index is -0.438. The molecule has 0 aromatic heterocycles. The number of hydrogen-bond acceptors (Lipinski definition) is 4. The average Bonchev–Trinajstić information content (AvgIpc) is 2.33. The first-order valence-electron chi connectivity index (χ1n) is 7.30. The highest BCUT2D eigenvalue weighted by atomic mass is 16.6. The van der Waals surface area contributed by atoms with Gasteiger partial charge in [0.2, 0.25) is 0 Å². The molecule has 1 aliphatic heterocycles. The van der Waals surface area contributed by atoms with Crippen LogP contribution in [0.4, 0.5) is 4.79 Å². The van der Waals surface area contributed by atoms with Gasteiger partial charge in [-0.05, 0) is 47.1 Å². The van der Waals surface area contributed by atoms with Crippen molar-refractivity contribution in [3.05, 3.63) is 0 Å². The zero-order chi connectivity index (χ0) is 14.3. The molecule has 0 saturated carbocycles. The molecule has 0 aromatic rings. The summed E-state index contributed by atoms with van der Waals surface area (Å²) in [5.74, 6) is 0. The van der Waals surface area contributed by atoms with E-state index in [1.54, 1.807) is 0 Å². The monoisotopic (exact) mass is 271 g/mol. The molecule has 1 rings (SSSR count). The number of piperidine rings is 1. The quantitative estimate of drug-likeness (QED) is 0.711. The molecule has 1 amide bonds. The van der Waals surface area contributed by atoms with Gasteiger partial charge in [0.15, 0.2) is 0 Å². The lowest BCUT2D eigenvalue weighted by Gasteiger charge is -2.26. The number of amides is 1. The van der Waals surface area contributed by atoms with Gasteiger partial charge in [0.25, 0.3) is 0 Å². The molecule has 1 aliphatic rings. The van der Waals surface area contributed by atoms with Gasteiger partial charge in [-0.2, -0.15) is 0 Å². The Morgan fingerprint density at radius 1 is 1.42 bits per heavy atom. The summed E-state index contributed by atoms with van der Waals surface area (Å²) in [6.45, 7) is 10.3. The Hall–Kier alpha value is -0.810. The summed E-state index contributed by atoms with van der Waals surface area (Å²) in [4.78, 5) is 11.5. The van der Waals surface area contributed by atoms with E-state index >= 15 is 0 Å². The standard InChI is InChI=1S/C14H29N3O2/c1-11(9-17-13(18)19-14(2,3)4)16-10-12-7-5-6-8-15-12/h11-12,15-16H,5-10H2,1-4H3,(H,17,18). The smallest absolute Gasteiger partial charge is 0.407 e. The van der Waals surface area contributed by atoms with Gasteiger partial charge in [-0.3, -0.25) is 0 Å². The lowest BCUT2D eigenvalue weighted by atomic mass is 10.0. The number of carbonyl (C=O) groups is 1. The molecule has 0 bridgehead atoms. The fraction of sp³-hybridized carbons (Fsp3) is 0.929. The number of carbonyl (C=O) groups excluding carboxylic acids is 1. The molecule has 5 nitrogen and oxygen atoms in total. The van der Waals surface area contributed by atoms with Gasteiger partial charge in [-0.1, -0.05) is 6.42 Å². The minimum absolute atomic E-state index is 0.247. The van der Waals surface area contributed by atoms with Gasteiger partial charge < -0.3 is 20.7 Å². The van der Waals surface area contributed by atoms with Crippen molar-refractivity contribution >= 4 is 6.09 Å². The zero-order valence-electron chi connectivity index (χ0n) is 12.7. The molecular weight excluding hydrogens is 242 g/mol. The molecule has 2 atom stereocenters. The second-order valence-electron chi connectivity index (χ2n) is 6.34. The number of hydrogen-bond donors (Lipinski definition) is 3.